The number of rotatable bonds is 10. The van der Waals surface area contributed by atoms with Crippen molar-refractivity contribution >= 4 is 0 Å². The molecule has 3 nitrogen and oxygen atoms in total. The molecular weight excluding hydrogens is 224 g/mol. The van der Waals surface area contributed by atoms with Crippen molar-refractivity contribution in [3.05, 3.63) is 0 Å². The second kappa shape index (κ2) is 9.76. The number of aliphatic hydroxyl groups excluding tert-OH is 1. The Bertz CT molecular complexity index is 199. The lowest BCUT2D eigenvalue weighted by Gasteiger charge is -2.25. The van der Waals surface area contributed by atoms with Gasteiger partial charge < -0.3 is 16.2 Å². The predicted octanol–water partition coefficient (Wildman–Crippen LogP) is 2.42. The third-order valence-electron chi connectivity index (χ3n) is 4.28. The van der Waals surface area contributed by atoms with Crippen LogP contribution in [0.25, 0.3) is 0 Å². The summed E-state index contributed by atoms with van der Waals surface area (Å²) in [6.07, 6.45) is 11.4. The summed E-state index contributed by atoms with van der Waals surface area (Å²) in [6.45, 7) is 3.30. The van der Waals surface area contributed by atoms with Gasteiger partial charge in [0, 0.05) is 25.2 Å². The van der Waals surface area contributed by atoms with Crippen LogP contribution in [0.15, 0.2) is 0 Å². The van der Waals surface area contributed by atoms with Gasteiger partial charge in [-0.05, 0) is 25.2 Å². The number of hydrogen-bond acceptors (Lipinski definition) is 3. The highest BCUT2D eigenvalue weighted by Gasteiger charge is 2.27. The first-order valence-corrected chi connectivity index (χ1v) is 7.88. The molecule has 0 radical (unpaired) electrons. The Morgan fingerprint density at radius 2 is 2.00 bits per heavy atom. The quantitative estimate of drug-likeness (QED) is 0.526. The number of nitrogens with two attached hydrogens (primary N) is 1. The molecule has 1 aliphatic rings. The highest BCUT2D eigenvalue weighted by molar-refractivity contribution is 4.85. The van der Waals surface area contributed by atoms with Crippen LogP contribution in [0, 0.1) is 5.92 Å². The molecule has 3 unspecified atom stereocenters. The first kappa shape index (κ1) is 15.9. The van der Waals surface area contributed by atoms with Crippen molar-refractivity contribution < 1.29 is 5.11 Å². The Hall–Kier alpha value is -0.120. The SMILES string of the molecule is CCCCCCCC(CN)NC1CCCC1CO. The molecule has 0 aliphatic heterocycles. The molecule has 0 aromatic rings. The van der Waals surface area contributed by atoms with E-state index in [9.17, 15) is 5.11 Å². The van der Waals surface area contributed by atoms with E-state index in [4.69, 9.17) is 5.73 Å². The van der Waals surface area contributed by atoms with Crippen LogP contribution in [0.1, 0.15) is 64.7 Å². The van der Waals surface area contributed by atoms with Gasteiger partial charge in [0.2, 0.25) is 0 Å². The zero-order valence-electron chi connectivity index (χ0n) is 12.0. The maximum atomic E-state index is 9.32. The molecule has 1 fully saturated rings. The summed E-state index contributed by atoms with van der Waals surface area (Å²) < 4.78 is 0. The zero-order valence-corrected chi connectivity index (χ0v) is 12.0. The van der Waals surface area contributed by atoms with Crippen LogP contribution in [0.4, 0.5) is 0 Å². The van der Waals surface area contributed by atoms with E-state index in [1.807, 2.05) is 0 Å². The molecule has 0 spiro atoms. The largest absolute Gasteiger partial charge is 0.396 e. The third kappa shape index (κ3) is 5.68. The van der Waals surface area contributed by atoms with Gasteiger partial charge in [-0.1, -0.05) is 45.4 Å². The van der Waals surface area contributed by atoms with Crippen molar-refractivity contribution in [3.8, 4) is 0 Å². The average Bonchev–Trinajstić information content (AvgIpc) is 2.84. The average molecular weight is 256 g/mol. The fourth-order valence-corrected chi connectivity index (χ4v) is 3.04. The lowest BCUT2D eigenvalue weighted by atomic mass is 10.0. The van der Waals surface area contributed by atoms with Gasteiger partial charge in [0.05, 0.1) is 0 Å². The Labute approximate surface area is 113 Å². The molecule has 0 saturated heterocycles. The molecule has 18 heavy (non-hydrogen) atoms. The van der Waals surface area contributed by atoms with Gasteiger partial charge in [-0.2, -0.15) is 0 Å². The van der Waals surface area contributed by atoms with Crippen molar-refractivity contribution in [1.29, 1.82) is 0 Å². The van der Waals surface area contributed by atoms with Crippen LogP contribution in [0.2, 0.25) is 0 Å². The maximum absolute atomic E-state index is 9.32. The molecule has 0 heterocycles. The number of aliphatic hydroxyl groups is 1. The van der Waals surface area contributed by atoms with Crippen molar-refractivity contribution in [2.75, 3.05) is 13.2 Å². The summed E-state index contributed by atoms with van der Waals surface area (Å²) in [5.41, 5.74) is 5.85. The fraction of sp³-hybridized carbons (Fsp3) is 1.00. The van der Waals surface area contributed by atoms with E-state index in [0.29, 0.717) is 24.6 Å². The van der Waals surface area contributed by atoms with E-state index in [0.717, 1.165) is 6.54 Å². The van der Waals surface area contributed by atoms with Gasteiger partial charge in [0.1, 0.15) is 0 Å². The number of unbranched alkanes of at least 4 members (excludes halogenated alkanes) is 4. The van der Waals surface area contributed by atoms with Gasteiger partial charge in [0.15, 0.2) is 0 Å². The Balaban J connectivity index is 2.16. The molecule has 0 aromatic heterocycles. The van der Waals surface area contributed by atoms with Crippen LogP contribution in [-0.2, 0) is 0 Å². The summed E-state index contributed by atoms with van der Waals surface area (Å²) in [6, 6.07) is 0.947. The summed E-state index contributed by atoms with van der Waals surface area (Å²) in [5.74, 6) is 0.458. The second-order valence-electron chi connectivity index (χ2n) is 5.78. The first-order valence-electron chi connectivity index (χ1n) is 7.88. The van der Waals surface area contributed by atoms with Gasteiger partial charge >= 0.3 is 0 Å². The van der Waals surface area contributed by atoms with Gasteiger partial charge in [-0.15, -0.1) is 0 Å². The summed E-state index contributed by atoms with van der Waals surface area (Å²) in [4.78, 5) is 0. The minimum Gasteiger partial charge on any atom is -0.396 e. The van der Waals surface area contributed by atoms with E-state index in [2.05, 4.69) is 12.2 Å². The molecule has 1 saturated carbocycles. The molecule has 1 rings (SSSR count). The summed E-state index contributed by atoms with van der Waals surface area (Å²) >= 11 is 0. The third-order valence-corrected chi connectivity index (χ3v) is 4.28. The van der Waals surface area contributed by atoms with Crippen molar-refractivity contribution in [1.82, 2.24) is 5.32 Å². The van der Waals surface area contributed by atoms with Gasteiger partial charge in [-0.3, -0.25) is 0 Å². The van der Waals surface area contributed by atoms with Crippen LogP contribution in [0.5, 0.6) is 0 Å². The molecule has 0 amide bonds. The normalized spacial score (nSPS) is 25.5. The Morgan fingerprint density at radius 3 is 2.67 bits per heavy atom. The topological polar surface area (TPSA) is 58.3 Å². The van der Waals surface area contributed by atoms with E-state index >= 15 is 0 Å². The minimum absolute atomic E-state index is 0.325. The summed E-state index contributed by atoms with van der Waals surface area (Å²) in [7, 11) is 0. The molecule has 3 heteroatoms. The van der Waals surface area contributed by atoms with Crippen molar-refractivity contribution in [2.24, 2.45) is 11.7 Å². The van der Waals surface area contributed by atoms with E-state index in [1.165, 1.54) is 57.8 Å². The monoisotopic (exact) mass is 256 g/mol. The van der Waals surface area contributed by atoms with Crippen molar-refractivity contribution in [3.63, 3.8) is 0 Å². The molecule has 1 aliphatic carbocycles. The van der Waals surface area contributed by atoms with Crippen LogP contribution >= 0.6 is 0 Å². The van der Waals surface area contributed by atoms with Gasteiger partial charge in [0.25, 0.3) is 0 Å². The second-order valence-corrected chi connectivity index (χ2v) is 5.78. The van der Waals surface area contributed by atoms with Crippen LogP contribution < -0.4 is 11.1 Å². The lowest BCUT2D eigenvalue weighted by Crippen LogP contribution is -2.45. The minimum atomic E-state index is 0.325. The molecular formula is C15H32N2O. The fourth-order valence-electron chi connectivity index (χ4n) is 3.04. The highest BCUT2D eigenvalue weighted by Crippen LogP contribution is 2.25. The van der Waals surface area contributed by atoms with Gasteiger partial charge in [-0.25, -0.2) is 0 Å². The molecule has 3 atom stereocenters. The van der Waals surface area contributed by atoms with Crippen LogP contribution in [-0.4, -0.2) is 30.3 Å². The van der Waals surface area contributed by atoms with E-state index in [1.54, 1.807) is 0 Å². The summed E-state index contributed by atoms with van der Waals surface area (Å²) in [5, 5.41) is 13.0. The predicted molar refractivity (Wildman–Crippen MR) is 77.6 cm³/mol. The molecule has 0 aromatic carbocycles. The zero-order chi connectivity index (χ0) is 13.2. The standard InChI is InChI=1S/C15H32N2O/c1-2-3-4-5-6-9-14(11-16)17-15-10-7-8-13(15)12-18/h13-15,17-18H,2-12,16H2,1H3. The molecule has 108 valence electrons. The highest BCUT2D eigenvalue weighted by atomic mass is 16.3. The van der Waals surface area contributed by atoms with E-state index < -0.39 is 0 Å². The Kier molecular flexibility index (Phi) is 8.64. The van der Waals surface area contributed by atoms with Crippen molar-refractivity contribution in [2.45, 2.75) is 76.8 Å². The van der Waals surface area contributed by atoms with E-state index in [-0.39, 0.29) is 0 Å². The Morgan fingerprint density at radius 1 is 1.22 bits per heavy atom. The maximum Gasteiger partial charge on any atom is 0.0474 e. The number of nitrogens with one attached hydrogen (secondary N) is 1. The number of hydrogen-bond donors (Lipinski definition) is 3. The molecule has 0 bridgehead atoms. The first-order chi connectivity index (χ1) is 8.81. The van der Waals surface area contributed by atoms with Crippen LogP contribution in [0.3, 0.4) is 0 Å². The molecule has 4 N–H and O–H groups in total. The lowest BCUT2D eigenvalue weighted by molar-refractivity contribution is 0.198. The smallest absolute Gasteiger partial charge is 0.0474 e.